The van der Waals surface area contributed by atoms with E-state index < -0.39 is 32.3 Å². The van der Waals surface area contributed by atoms with Gasteiger partial charge in [0, 0.05) is 6.07 Å². The normalized spacial score (nSPS) is 11.2. The Balaban J connectivity index is 3.31. The van der Waals surface area contributed by atoms with E-state index in [2.05, 4.69) is 4.18 Å². The second-order valence-electron chi connectivity index (χ2n) is 2.78. The number of hydrogen-bond donors (Lipinski definition) is 0. The Morgan fingerprint density at radius 1 is 1.50 bits per heavy atom. The molecule has 16 heavy (non-hydrogen) atoms. The van der Waals surface area contributed by atoms with Crippen molar-refractivity contribution in [2.24, 2.45) is 0 Å². The number of nitrogens with zero attached hydrogens (tertiary/aromatic N) is 1. The molecule has 0 aliphatic carbocycles. The Bertz CT molecular complexity index is 544. The maximum absolute atomic E-state index is 13.0. The van der Waals surface area contributed by atoms with Crippen molar-refractivity contribution in [2.75, 3.05) is 6.26 Å². The lowest BCUT2D eigenvalue weighted by Gasteiger charge is -2.04. The molecular formula is C7H5ClFNO5S. The summed E-state index contributed by atoms with van der Waals surface area (Å²) in [6.45, 7) is 0. The fourth-order valence-corrected chi connectivity index (χ4v) is 1.58. The zero-order valence-electron chi connectivity index (χ0n) is 7.81. The van der Waals surface area contributed by atoms with Crippen molar-refractivity contribution >= 4 is 27.4 Å². The van der Waals surface area contributed by atoms with Gasteiger partial charge in [0.1, 0.15) is 0 Å². The molecule has 6 nitrogen and oxygen atoms in total. The zero-order chi connectivity index (χ0) is 12.5. The maximum Gasteiger partial charge on any atom is 0.308 e. The third kappa shape index (κ3) is 3.04. The molecule has 1 rings (SSSR count). The third-order valence-electron chi connectivity index (χ3n) is 1.44. The fourth-order valence-electron chi connectivity index (χ4n) is 0.885. The molecule has 1 aromatic carbocycles. The van der Waals surface area contributed by atoms with Gasteiger partial charge in [-0.25, -0.2) is 0 Å². The molecule has 0 saturated heterocycles. The Hall–Kier alpha value is -1.41. The standard InChI is InChI=1S/C7H5ClFNO5S/c1-16(13,14)15-7-3-6(10(11)12)5(9)2-4(7)8/h2-3H,1H3. The minimum atomic E-state index is -3.88. The van der Waals surface area contributed by atoms with Crippen LogP contribution in [0.2, 0.25) is 5.02 Å². The largest absolute Gasteiger partial charge is 0.381 e. The number of hydrogen-bond acceptors (Lipinski definition) is 5. The lowest BCUT2D eigenvalue weighted by atomic mass is 10.3. The van der Waals surface area contributed by atoms with E-state index in [9.17, 15) is 22.9 Å². The molecule has 0 heterocycles. The quantitative estimate of drug-likeness (QED) is 0.474. The second-order valence-corrected chi connectivity index (χ2v) is 4.76. The summed E-state index contributed by atoms with van der Waals surface area (Å²) < 4.78 is 38.9. The first-order valence-electron chi connectivity index (χ1n) is 3.73. The van der Waals surface area contributed by atoms with Crippen molar-refractivity contribution in [1.29, 1.82) is 0 Å². The number of benzene rings is 1. The highest BCUT2D eigenvalue weighted by Gasteiger charge is 2.20. The molecule has 0 bridgehead atoms. The first kappa shape index (κ1) is 12.7. The highest BCUT2D eigenvalue weighted by atomic mass is 35.5. The molecule has 0 unspecified atom stereocenters. The SMILES string of the molecule is CS(=O)(=O)Oc1cc([N+](=O)[O-])c(F)cc1Cl. The summed E-state index contributed by atoms with van der Waals surface area (Å²) in [5.74, 6) is -1.66. The van der Waals surface area contributed by atoms with Crippen LogP contribution in [-0.2, 0) is 10.1 Å². The molecule has 0 radical (unpaired) electrons. The van der Waals surface area contributed by atoms with E-state index in [0.29, 0.717) is 12.1 Å². The number of rotatable bonds is 3. The van der Waals surface area contributed by atoms with Crippen LogP contribution in [0.25, 0.3) is 0 Å². The number of nitro groups is 1. The second kappa shape index (κ2) is 4.22. The van der Waals surface area contributed by atoms with Crippen LogP contribution >= 0.6 is 11.6 Å². The topological polar surface area (TPSA) is 86.5 Å². The van der Waals surface area contributed by atoms with Gasteiger partial charge >= 0.3 is 15.8 Å². The summed E-state index contributed by atoms with van der Waals surface area (Å²) in [5, 5.41) is 10.0. The summed E-state index contributed by atoms with van der Waals surface area (Å²) in [6, 6.07) is 1.22. The monoisotopic (exact) mass is 269 g/mol. The van der Waals surface area contributed by atoms with Crippen molar-refractivity contribution < 1.29 is 21.9 Å². The number of nitro benzene ring substituents is 1. The first-order chi connectivity index (χ1) is 7.20. The molecule has 1 aromatic rings. The van der Waals surface area contributed by atoms with Crippen molar-refractivity contribution in [3.8, 4) is 5.75 Å². The van der Waals surface area contributed by atoms with Gasteiger partial charge in [-0.15, -0.1) is 0 Å². The minimum absolute atomic E-state index is 0.367. The fraction of sp³-hybridized carbons (Fsp3) is 0.143. The van der Waals surface area contributed by atoms with Crippen molar-refractivity contribution in [2.45, 2.75) is 0 Å². The van der Waals surface area contributed by atoms with Gasteiger partial charge in [0.25, 0.3) is 0 Å². The van der Waals surface area contributed by atoms with Crippen LogP contribution in [0.3, 0.4) is 0 Å². The zero-order valence-corrected chi connectivity index (χ0v) is 9.38. The Labute approximate surface area is 94.9 Å². The van der Waals surface area contributed by atoms with Crippen molar-refractivity contribution in [3.05, 3.63) is 33.1 Å². The van der Waals surface area contributed by atoms with E-state index in [1.165, 1.54) is 0 Å². The first-order valence-corrected chi connectivity index (χ1v) is 5.93. The Morgan fingerprint density at radius 3 is 2.50 bits per heavy atom. The van der Waals surface area contributed by atoms with Gasteiger partial charge in [0.2, 0.25) is 5.82 Å². The molecule has 0 aromatic heterocycles. The molecule has 9 heteroatoms. The van der Waals surface area contributed by atoms with Crippen LogP contribution in [0.4, 0.5) is 10.1 Å². The predicted octanol–water partition coefficient (Wildman–Crippen LogP) is 1.73. The maximum atomic E-state index is 13.0. The molecule has 0 aliphatic heterocycles. The van der Waals surface area contributed by atoms with E-state index in [0.717, 1.165) is 6.26 Å². The molecule has 0 N–H and O–H groups in total. The summed E-state index contributed by atoms with van der Waals surface area (Å²) in [4.78, 5) is 9.36. The number of halogens is 2. The van der Waals surface area contributed by atoms with Gasteiger partial charge in [0.15, 0.2) is 5.75 Å². The van der Waals surface area contributed by atoms with Gasteiger partial charge in [-0.05, 0) is 0 Å². The summed E-state index contributed by atoms with van der Waals surface area (Å²) in [7, 11) is -3.88. The molecule has 0 amide bonds. The lowest BCUT2D eigenvalue weighted by molar-refractivity contribution is -0.387. The summed E-state index contributed by atoms with van der Waals surface area (Å²) in [6.07, 6.45) is 0.735. The Morgan fingerprint density at radius 2 is 2.06 bits per heavy atom. The van der Waals surface area contributed by atoms with Crippen LogP contribution in [0.15, 0.2) is 12.1 Å². The molecular weight excluding hydrogens is 265 g/mol. The molecule has 0 aliphatic rings. The van der Waals surface area contributed by atoms with Gasteiger partial charge in [-0.2, -0.15) is 12.8 Å². The van der Waals surface area contributed by atoms with Crippen LogP contribution in [0.5, 0.6) is 5.75 Å². The average Bonchev–Trinajstić information content (AvgIpc) is 2.07. The summed E-state index contributed by atoms with van der Waals surface area (Å²) in [5.41, 5.74) is -0.914. The van der Waals surface area contributed by atoms with Gasteiger partial charge in [-0.3, -0.25) is 10.1 Å². The predicted molar refractivity (Wildman–Crippen MR) is 53.5 cm³/mol. The lowest BCUT2D eigenvalue weighted by Crippen LogP contribution is -2.07. The Kier molecular flexibility index (Phi) is 3.34. The average molecular weight is 270 g/mol. The van der Waals surface area contributed by atoms with E-state index >= 15 is 0 Å². The van der Waals surface area contributed by atoms with Gasteiger partial charge in [-0.1, -0.05) is 11.6 Å². The van der Waals surface area contributed by atoms with Crippen LogP contribution in [-0.4, -0.2) is 19.6 Å². The highest BCUT2D eigenvalue weighted by molar-refractivity contribution is 7.86. The molecule has 0 atom stereocenters. The summed E-state index contributed by atoms with van der Waals surface area (Å²) >= 11 is 5.46. The molecule has 0 spiro atoms. The van der Waals surface area contributed by atoms with Crippen molar-refractivity contribution in [1.82, 2.24) is 0 Å². The smallest absolute Gasteiger partial charge is 0.308 e. The van der Waals surface area contributed by atoms with Crippen LogP contribution in [0, 0.1) is 15.9 Å². The molecule has 0 fully saturated rings. The van der Waals surface area contributed by atoms with E-state index in [1.807, 2.05) is 0 Å². The van der Waals surface area contributed by atoms with E-state index in [4.69, 9.17) is 11.6 Å². The van der Waals surface area contributed by atoms with Gasteiger partial charge in [0.05, 0.1) is 22.3 Å². The molecule has 88 valence electrons. The van der Waals surface area contributed by atoms with E-state index in [1.54, 1.807) is 0 Å². The van der Waals surface area contributed by atoms with Crippen molar-refractivity contribution in [3.63, 3.8) is 0 Å². The third-order valence-corrected chi connectivity index (χ3v) is 2.22. The van der Waals surface area contributed by atoms with Crippen LogP contribution < -0.4 is 4.18 Å². The van der Waals surface area contributed by atoms with Crippen LogP contribution in [0.1, 0.15) is 0 Å². The van der Waals surface area contributed by atoms with Gasteiger partial charge < -0.3 is 4.18 Å². The van der Waals surface area contributed by atoms with E-state index in [-0.39, 0.29) is 5.02 Å². The minimum Gasteiger partial charge on any atom is -0.381 e. The molecule has 0 saturated carbocycles. The highest BCUT2D eigenvalue weighted by Crippen LogP contribution is 2.32.